The van der Waals surface area contributed by atoms with Gasteiger partial charge in [0.25, 0.3) is 5.91 Å². The standard InChI is InChI=1S/C20H21FN2O2S/c1-13(2)22-18(24)17-12-26-20(15-9-6-10-16(21)11-15)23(17)19(25)14-7-4-3-5-8-14/h3-11,13,17,20H,12H2,1-2H3,(H,22,24). The van der Waals surface area contributed by atoms with Gasteiger partial charge in [0.15, 0.2) is 0 Å². The van der Waals surface area contributed by atoms with E-state index >= 15 is 0 Å². The van der Waals surface area contributed by atoms with Crippen molar-refractivity contribution in [1.82, 2.24) is 10.2 Å². The van der Waals surface area contributed by atoms with Gasteiger partial charge in [0.05, 0.1) is 0 Å². The first-order valence-corrected chi connectivity index (χ1v) is 9.57. The monoisotopic (exact) mass is 372 g/mol. The molecule has 0 aromatic heterocycles. The summed E-state index contributed by atoms with van der Waals surface area (Å²) in [6.07, 6.45) is 0. The number of benzene rings is 2. The molecule has 0 spiro atoms. The van der Waals surface area contributed by atoms with Crippen LogP contribution in [0, 0.1) is 5.82 Å². The molecular weight excluding hydrogens is 351 g/mol. The molecule has 2 aromatic carbocycles. The van der Waals surface area contributed by atoms with Crippen molar-refractivity contribution in [3.05, 3.63) is 71.5 Å². The van der Waals surface area contributed by atoms with Gasteiger partial charge in [0, 0.05) is 17.4 Å². The molecule has 2 unspecified atom stereocenters. The van der Waals surface area contributed by atoms with Gasteiger partial charge in [-0.3, -0.25) is 9.59 Å². The van der Waals surface area contributed by atoms with Crippen molar-refractivity contribution >= 4 is 23.6 Å². The summed E-state index contributed by atoms with van der Waals surface area (Å²) in [7, 11) is 0. The van der Waals surface area contributed by atoms with Gasteiger partial charge in [-0.25, -0.2) is 4.39 Å². The van der Waals surface area contributed by atoms with E-state index in [0.717, 1.165) is 0 Å². The van der Waals surface area contributed by atoms with Crippen molar-refractivity contribution < 1.29 is 14.0 Å². The molecule has 6 heteroatoms. The lowest BCUT2D eigenvalue weighted by Crippen LogP contribution is -2.49. The number of nitrogens with one attached hydrogen (secondary N) is 1. The zero-order chi connectivity index (χ0) is 18.7. The number of hydrogen-bond donors (Lipinski definition) is 1. The Balaban J connectivity index is 1.96. The minimum Gasteiger partial charge on any atom is -0.352 e. The minimum absolute atomic E-state index is 0.0191. The van der Waals surface area contributed by atoms with E-state index in [-0.39, 0.29) is 23.7 Å². The number of amides is 2. The normalized spacial score (nSPS) is 19.6. The number of carbonyl (C=O) groups is 2. The van der Waals surface area contributed by atoms with Gasteiger partial charge in [-0.1, -0.05) is 30.3 Å². The summed E-state index contributed by atoms with van der Waals surface area (Å²) in [5.41, 5.74) is 1.19. The third kappa shape index (κ3) is 3.90. The fourth-order valence-corrected chi connectivity index (χ4v) is 4.40. The molecule has 2 aromatic rings. The molecule has 0 saturated carbocycles. The lowest BCUT2D eigenvalue weighted by molar-refractivity contribution is -0.125. The average Bonchev–Trinajstić information content (AvgIpc) is 3.06. The topological polar surface area (TPSA) is 49.4 Å². The maximum atomic E-state index is 13.7. The van der Waals surface area contributed by atoms with Crippen molar-refractivity contribution in [2.45, 2.75) is 31.3 Å². The molecule has 1 fully saturated rings. The van der Waals surface area contributed by atoms with Crippen molar-refractivity contribution in [3.8, 4) is 0 Å². The van der Waals surface area contributed by atoms with Crippen LogP contribution in [0.5, 0.6) is 0 Å². The summed E-state index contributed by atoms with van der Waals surface area (Å²) in [6.45, 7) is 3.76. The molecule has 136 valence electrons. The number of hydrogen-bond acceptors (Lipinski definition) is 3. The van der Waals surface area contributed by atoms with E-state index in [4.69, 9.17) is 0 Å². The second-order valence-corrected chi connectivity index (χ2v) is 7.61. The quantitative estimate of drug-likeness (QED) is 0.892. The molecule has 0 radical (unpaired) electrons. The molecule has 2 atom stereocenters. The molecule has 4 nitrogen and oxygen atoms in total. The van der Waals surface area contributed by atoms with Gasteiger partial charge >= 0.3 is 0 Å². The van der Waals surface area contributed by atoms with E-state index in [2.05, 4.69) is 5.32 Å². The van der Waals surface area contributed by atoms with Crippen molar-refractivity contribution in [1.29, 1.82) is 0 Å². The maximum Gasteiger partial charge on any atom is 0.255 e. The predicted octanol–water partition coefficient (Wildman–Crippen LogP) is 3.61. The molecule has 0 aliphatic carbocycles. The molecule has 1 aliphatic rings. The van der Waals surface area contributed by atoms with E-state index < -0.39 is 11.4 Å². The molecule has 1 aliphatic heterocycles. The van der Waals surface area contributed by atoms with Gasteiger partial charge in [0.2, 0.25) is 5.91 Å². The first-order chi connectivity index (χ1) is 12.5. The zero-order valence-electron chi connectivity index (χ0n) is 14.7. The second-order valence-electron chi connectivity index (χ2n) is 6.50. The molecule has 1 N–H and O–H groups in total. The van der Waals surface area contributed by atoms with Crippen LogP contribution in [-0.2, 0) is 4.79 Å². The van der Waals surface area contributed by atoms with Crippen molar-refractivity contribution in [3.63, 3.8) is 0 Å². The number of halogens is 1. The van der Waals surface area contributed by atoms with Gasteiger partial charge in [-0.2, -0.15) is 0 Å². The molecule has 26 heavy (non-hydrogen) atoms. The van der Waals surface area contributed by atoms with E-state index in [1.807, 2.05) is 19.9 Å². The summed E-state index contributed by atoms with van der Waals surface area (Å²) in [5, 5.41) is 2.48. The Morgan fingerprint density at radius 1 is 1.15 bits per heavy atom. The number of thioether (sulfide) groups is 1. The van der Waals surface area contributed by atoms with E-state index in [1.165, 1.54) is 23.9 Å². The van der Waals surface area contributed by atoms with Gasteiger partial charge < -0.3 is 10.2 Å². The highest BCUT2D eigenvalue weighted by molar-refractivity contribution is 7.99. The molecule has 0 bridgehead atoms. The Morgan fingerprint density at radius 2 is 1.88 bits per heavy atom. The smallest absolute Gasteiger partial charge is 0.255 e. The van der Waals surface area contributed by atoms with Crippen LogP contribution in [0.2, 0.25) is 0 Å². The summed E-state index contributed by atoms with van der Waals surface area (Å²) in [5.74, 6) is -0.298. The fraction of sp³-hybridized carbons (Fsp3) is 0.300. The number of carbonyl (C=O) groups excluding carboxylic acids is 2. The van der Waals surface area contributed by atoms with Crippen LogP contribution in [0.1, 0.15) is 35.1 Å². The number of nitrogens with zero attached hydrogens (tertiary/aromatic N) is 1. The summed E-state index contributed by atoms with van der Waals surface area (Å²) in [6, 6.07) is 14.5. The zero-order valence-corrected chi connectivity index (χ0v) is 15.5. The van der Waals surface area contributed by atoms with Crippen LogP contribution >= 0.6 is 11.8 Å². The Morgan fingerprint density at radius 3 is 2.54 bits per heavy atom. The van der Waals surface area contributed by atoms with E-state index in [1.54, 1.807) is 41.3 Å². The number of rotatable bonds is 4. The molecule has 1 heterocycles. The molecular formula is C20H21FN2O2S. The third-order valence-electron chi connectivity index (χ3n) is 4.12. The fourth-order valence-electron chi connectivity index (χ4n) is 2.98. The van der Waals surface area contributed by atoms with Crippen LogP contribution in [0.25, 0.3) is 0 Å². The second kappa shape index (κ2) is 7.91. The highest BCUT2D eigenvalue weighted by Gasteiger charge is 2.42. The average molecular weight is 372 g/mol. The first kappa shape index (κ1) is 18.5. The lowest BCUT2D eigenvalue weighted by Gasteiger charge is -2.29. The Bertz CT molecular complexity index is 797. The highest BCUT2D eigenvalue weighted by Crippen LogP contribution is 2.42. The highest BCUT2D eigenvalue weighted by atomic mass is 32.2. The molecule has 1 saturated heterocycles. The Labute approximate surface area is 156 Å². The van der Waals surface area contributed by atoms with Crippen LogP contribution in [-0.4, -0.2) is 34.6 Å². The third-order valence-corrected chi connectivity index (χ3v) is 5.45. The van der Waals surface area contributed by atoms with Crippen molar-refractivity contribution in [2.24, 2.45) is 0 Å². The Hall–Kier alpha value is -2.34. The van der Waals surface area contributed by atoms with E-state index in [9.17, 15) is 14.0 Å². The lowest BCUT2D eigenvalue weighted by atomic mass is 10.1. The van der Waals surface area contributed by atoms with Gasteiger partial charge in [-0.05, 0) is 43.7 Å². The summed E-state index contributed by atoms with van der Waals surface area (Å²) < 4.78 is 13.7. The van der Waals surface area contributed by atoms with Crippen molar-refractivity contribution in [2.75, 3.05) is 5.75 Å². The van der Waals surface area contributed by atoms with Crippen LogP contribution in [0.3, 0.4) is 0 Å². The van der Waals surface area contributed by atoms with Gasteiger partial charge in [0.1, 0.15) is 17.2 Å². The predicted molar refractivity (Wildman–Crippen MR) is 101 cm³/mol. The minimum atomic E-state index is -0.594. The molecule has 3 rings (SSSR count). The maximum absolute atomic E-state index is 13.7. The van der Waals surface area contributed by atoms with Crippen LogP contribution in [0.15, 0.2) is 54.6 Å². The van der Waals surface area contributed by atoms with Gasteiger partial charge in [-0.15, -0.1) is 11.8 Å². The van der Waals surface area contributed by atoms with Crippen LogP contribution in [0.4, 0.5) is 4.39 Å². The van der Waals surface area contributed by atoms with E-state index in [0.29, 0.717) is 16.9 Å². The largest absolute Gasteiger partial charge is 0.352 e. The van der Waals surface area contributed by atoms with Crippen LogP contribution < -0.4 is 5.32 Å². The summed E-state index contributed by atoms with van der Waals surface area (Å²) in [4.78, 5) is 27.4. The SMILES string of the molecule is CC(C)NC(=O)C1CSC(c2cccc(F)c2)N1C(=O)c1ccccc1. The Kier molecular flexibility index (Phi) is 5.61. The molecule has 2 amide bonds. The summed E-state index contributed by atoms with van der Waals surface area (Å²) >= 11 is 1.48. The first-order valence-electron chi connectivity index (χ1n) is 8.52.